The van der Waals surface area contributed by atoms with Crippen molar-refractivity contribution in [1.29, 1.82) is 0 Å². The molecule has 0 saturated carbocycles. The van der Waals surface area contributed by atoms with Crippen LogP contribution >= 0.6 is 24.0 Å². The standard InChI is InChI=1S/C15H18ClN3O5.ClH/c1-9(18-6-2-3-10(8-18)15(21)22)14(20)17-13-7-11(19(23)24)4-5-12(13)16;/h4-5,7,9-10H,2-3,6,8H2,1H3,(H,17,20)(H,21,22);1H. The highest BCUT2D eigenvalue weighted by molar-refractivity contribution is 6.33. The van der Waals surface area contributed by atoms with Gasteiger partial charge in [0, 0.05) is 18.7 Å². The summed E-state index contributed by atoms with van der Waals surface area (Å²) in [6, 6.07) is 3.23. The van der Waals surface area contributed by atoms with Crippen molar-refractivity contribution in [2.45, 2.75) is 25.8 Å². The van der Waals surface area contributed by atoms with Crippen LogP contribution in [0, 0.1) is 16.0 Å². The third-order valence-electron chi connectivity index (χ3n) is 4.15. The number of piperidine rings is 1. The van der Waals surface area contributed by atoms with Gasteiger partial charge in [0.2, 0.25) is 5.91 Å². The van der Waals surface area contributed by atoms with E-state index in [2.05, 4.69) is 5.32 Å². The van der Waals surface area contributed by atoms with E-state index in [0.717, 1.165) is 0 Å². The highest BCUT2D eigenvalue weighted by Gasteiger charge is 2.31. The number of anilines is 1. The first-order valence-electron chi connectivity index (χ1n) is 7.51. The van der Waals surface area contributed by atoms with E-state index >= 15 is 0 Å². The number of hydrogen-bond donors (Lipinski definition) is 2. The Hall–Kier alpha value is -1.90. The number of carbonyl (C=O) groups excluding carboxylic acids is 1. The second kappa shape index (κ2) is 8.98. The van der Waals surface area contributed by atoms with Crippen molar-refractivity contribution in [3.05, 3.63) is 33.3 Å². The summed E-state index contributed by atoms with van der Waals surface area (Å²) in [6.45, 7) is 2.60. The van der Waals surface area contributed by atoms with Crippen molar-refractivity contribution in [3.8, 4) is 0 Å². The Balaban J connectivity index is 0.00000312. The molecule has 1 aliphatic heterocycles. The van der Waals surface area contributed by atoms with E-state index in [4.69, 9.17) is 16.7 Å². The van der Waals surface area contributed by atoms with Crippen LogP contribution in [0.15, 0.2) is 18.2 Å². The molecule has 138 valence electrons. The van der Waals surface area contributed by atoms with E-state index in [-0.39, 0.29) is 34.7 Å². The maximum absolute atomic E-state index is 12.4. The average Bonchev–Trinajstić information content (AvgIpc) is 2.55. The SMILES string of the molecule is CC(C(=O)Nc1cc([N+](=O)[O-])ccc1Cl)N1CCCC(C(=O)O)C1.Cl. The third kappa shape index (κ3) is 5.29. The van der Waals surface area contributed by atoms with E-state index in [9.17, 15) is 19.7 Å². The first-order chi connectivity index (χ1) is 11.3. The number of carboxylic acid groups (broad SMARTS) is 1. The molecule has 0 aromatic heterocycles. The Morgan fingerprint density at radius 1 is 1.48 bits per heavy atom. The minimum atomic E-state index is -0.867. The molecule has 2 atom stereocenters. The van der Waals surface area contributed by atoms with Gasteiger partial charge in [-0.3, -0.25) is 24.6 Å². The van der Waals surface area contributed by atoms with Crippen LogP contribution in [0.25, 0.3) is 0 Å². The summed E-state index contributed by atoms with van der Waals surface area (Å²) in [4.78, 5) is 35.6. The predicted octanol–water partition coefficient (Wildman–Crippen LogP) is 2.79. The highest BCUT2D eigenvalue weighted by atomic mass is 35.5. The second-order valence-corrected chi connectivity index (χ2v) is 6.17. The number of nitrogens with one attached hydrogen (secondary N) is 1. The predicted molar refractivity (Wildman–Crippen MR) is 95.4 cm³/mol. The number of carbonyl (C=O) groups is 2. The number of likely N-dealkylation sites (tertiary alicyclic amines) is 1. The molecule has 2 N–H and O–H groups in total. The summed E-state index contributed by atoms with van der Waals surface area (Å²) in [5.41, 5.74) is -0.0132. The fourth-order valence-electron chi connectivity index (χ4n) is 2.69. The van der Waals surface area contributed by atoms with E-state index in [1.807, 2.05) is 0 Å². The maximum atomic E-state index is 12.4. The molecule has 2 unspecified atom stereocenters. The number of amides is 1. The van der Waals surface area contributed by atoms with Crippen LogP contribution in [0.3, 0.4) is 0 Å². The summed E-state index contributed by atoms with van der Waals surface area (Å²) in [6.07, 6.45) is 1.29. The van der Waals surface area contributed by atoms with Gasteiger partial charge < -0.3 is 10.4 Å². The molecule has 25 heavy (non-hydrogen) atoms. The number of rotatable bonds is 5. The zero-order chi connectivity index (χ0) is 17.9. The van der Waals surface area contributed by atoms with Crippen LogP contribution in [0.5, 0.6) is 0 Å². The van der Waals surface area contributed by atoms with Crippen molar-refractivity contribution in [2.75, 3.05) is 18.4 Å². The lowest BCUT2D eigenvalue weighted by atomic mass is 9.97. The molecular weight excluding hydrogens is 373 g/mol. The van der Waals surface area contributed by atoms with Gasteiger partial charge in [-0.15, -0.1) is 12.4 Å². The van der Waals surface area contributed by atoms with Gasteiger partial charge in [-0.05, 0) is 32.4 Å². The van der Waals surface area contributed by atoms with Crippen LogP contribution in [0.1, 0.15) is 19.8 Å². The van der Waals surface area contributed by atoms with Crippen LogP contribution in [0.4, 0.5) is 11.4 Å². The van der Waals surface area contributed by atoms with Crippen LogP contribution < -0.4 is 5.32 Å². The molecule has 1 aromatic rings. The number of carboxylic acids is 1. The number of halogens is 2. The van der Waals surface area contributed by atoms with Gasteiger partial charge in [-0.1, -0.05) is 11.6 Å². The fraction of sp³-hybridized carbons (Fsp3) is 0.467. The van der Waals surface area contributed by atoms with Crippen LogP contribution in [0.2, 0.25) is 5.02 Å². The van der Waals surface area contributed by atoms with E-state index in [1.165, 1.54) is 18.2 Å². The summed E-state index contributed by atoms with van der Waals surface area (Å²) >= 11 is 5.97. The van der Waals surface area contributed by atoms with Gasteiger partial charge in [0.1, 0.15) is 0 Å². The molecule has 1 saturated heterocycles. The molecule has 0 spiro atoms. The number of hydrogen-bond acceptors (Lipinski definition) is 5. The Kier molecular flexibility index (Phi) is 7.60. The average molecular weight is 392 g/mol. The van der Waals surface area contributed by atoms with Gasteiger partial charge in [0.05, 0.1) is 27.6 Å². The second-order valence-electron chi connectivity index (χ2n) is 5.76. The lowest BCUT2D eigenvalue weighted by molar-refractivity contribution is -0.384. The van der Waals surface area contributed by atoms with Crippen LogP contribution in [-0.4, -0.2) is 45.9 Å². The van der Waals surface area contributed by atoms with Crippen molar-refractivity contribution >= 4 is 47.3 Å². The van der Waals surface area contributed by atoms with E-state index in [0.29, 0.717) is 25.9 Å². The quantitative estimate of drug-likeness (QED) is 0.589. The Morgan fingerprint density at radius 2 is 2.16 bits per heavy atom. The Morgan fingerprint density at radius 3 is 2.76 bits per heavy atom. The summed E-state index contributed by atoms with van der Waals surface area (Å²) < 4.78 is 0. The molecule has 2 rings (SSSR count). The summed E-state index contributed by atoms with van der Waals surface area (Å²) in [7, 11) is 0. The smallest absolute Gasteiger partial charge is 0.307 e. The number of aliphatic carboxylic acids is 1. The number of non-ortho nitro benzene ring substituents is 1. The molecular formula is C15H19Cl2N3O5. The molecule has 0 radical (unpaired) electrons. The zero-order valence-electron chi connectivity index (χ0n) is 13.5. The van der Waals surface area contributed by atoms with E-state index < -0.39 is 22.9 Å². The Labute approximate surface area is 155 Å². The molecule has 10 heteroatoms. The normalized spacial score (nSPS) is 18.7. The number of benzene rings is 1. The molecule has 1 aromatic carbocycles. The van der Waals surface area contributed by atoms with Crippen molar-refractivity contribution in [1.82, 2.24) is 4.90 Å². The summed E-state index contributed by atoms with van der Waals surface area (Å²) in [5.74, 6) is -1.74. The highest BCUT2D eigenvalue weighted by Crippen LogP contribution is 2.27. The molecule has 1 aliphatic rings. The van der Waals surface area contributed by atoms with Gasteiger partial charge in [0.25, 0.3) is 5.69 Å². The molecule has 1 heterocycles. The minimum Gasteiger partial charge on any atom is -0.481 e. The van der Waals surface area contributed by atoms with Crippen LogP contribution in [-0.2, 0) is 9.59 Å². The number of nitro benzene ring substituents is 1. The lowest BCUT2D eigenvalue weighted by Gasteiger charge is -2.34. The van der Waals surface area contributed by atoms with Crippen molar-refractivity contribution in [2.24, 2.45) is 5.92 Å². The molecule has 8 nitrogen and oxygen atoms in total. The Bertz CT molecular complexity index is 671. The van der Waals surface area contributed by atoms with Gasteiger partial charge in [-0.2, -0.15) is 0 Å². The number of nitro groups is 1. The molecule has 1 amide bonds. The zero-order valence-corrected chi connectivity index (χ0v) is 15.0. The van der Waals surface area contributed by atoms with E-state index in [1.54, 1.807) is 11.8 Å². The lowest BCUT2D eigenvalue weighted by Crippen LogP contribution is -2.48. The first-order valence-corrected chi connectivity index (χ1v) is 7.89. The molecule has 1 fully saturated rings. The summed E-state index contributed by atoms with van der Waals surface area (Å²) in [5, 5.41) is 22.7. The largest absolute Gasteiger partial charge is 0.481 e. The fourth-order valence-corrected chi connectivity index (χ4v) is 2.85. The third-order valence-corrected chi connectivity index (χ3v) is 4.48. The molecule has 0 bridgehead atoms. The topological polar surface area (TPSA) is 113 Å². The molecule has 0 aliphatic carbocycles. The number of nitrogens with zero attached hydrogens (tertiary/aromatic N) is 2. The van der Waals surface area contributed by atoms with Gasteiger partial charge in [0.15, 0.2) is 0 Å². The van der Waals surface area contributed by atoms with Crippen molar-refractivity contribution < 1.29 is 19.6 Å². The van der Waals surface area contributed by atoms with Gasteiger partial charge in [-0.25, -0.2) is 0 Å². The monoisotopic (exact) mass is 391 g/mol. The minimum absolute atomic E-state index is 0. The van der Waals surface area contributed by atoms with Gasteiger partial charge >= 0.3 is 5.97 Å². The first kappa shape index (κ1) is 21.1. The maximum Gasteiger partial charge on any atom is 0.307 e. The van der Waals surface area contributed by atoms with Crippen molar-refractivity contribution in [3.63, 3.8) is 0 Å².